The molecule has 20 heavy (non-hydrogen) atoms. The third-order valence-electron chi connectivity index (χ3n) is 3.25. The van der Waals surface area contributed by atoms with Gasteiger partial charge in [0.05, 0.1) is 5.69 Å². The summed E-state index contributed by atoms with van der Waals surface area (Å²) >= 11 is 1.59. The number of rotatable bonds is 4. The van der Waals surface area contributed by atoms with E-state index in [1.807, 2.05) is 23.5 Å². The Hall–Kier alpha value is -1.92. The molecule has 0 fully saturated rings. The number of hydrogen-bond donors (Lipinski definition) is 1. The van der Waals surface area contributed by atoms with E-state index in [9.17, 15) is 4.39 Å². The highest BCUT2D eigenvalue weighted by atomic mass is 32.1. The van der Waals surface area contributed by atoms with E-state index in [4.69, 9.17) is 5.73 Å². The third-order valence-corrected chi connectivity index (χ3v) is 4.01. The topological polar surface area (TPSA) is 46.6 Å². The molecule has 0 saturated carbocycles. The number of hydrogen-bond acceptors (Lipinski definition) is 4. The largest absolute Gasteiger partial charge is 0.330 e. The Kier molecular flexibility index (Phi) is 3.42. The van der Waals surface area contributed by atoms with Crippen molar-refractivity contribution in [2.75, 3.05) is 18.5 Å². The lowest BCUT2D eigenvalue weighted by molar-refractivity contribution is 0.628. The molecule has 0 aliphatic carbocycles. The average molecular weight is 290 g/mol. The first-order chi connectivity index (χ1) is 9.70. The van der Waals surface area contributed by atoms with Gasteiger partial charge in [-0.1, -0.05) is 0 Å². The number of imidazole rings is 1. The summed E-state index contributed by atoms with van der Waals surface area (Å²) in [5, 5.41) is 2.00. The van der Waals surface area contributed by atoms with Crippen LogP contribution >= 0.6 is 11.3 Å². The Morgan fingerprint density at radius 3 is 2.80 bits per heavy atom. The Bertz CT molecular complexity index is 716. The maximum atomic E-state index is 13.0. The van der Waals surface area contributed by atoms with Crippen molar-refractivity contribution in [2.45, 2.75) is 6.42 Å². The number of nitrogens with two attached hydrogens (primary N) is 1. The van der Waals surface area contributed by atoms with Gasteiger partial charge in [0.25, 0.3) is 0 Å². The molecule has 0 aliphatic rings. The molecule has 2 N–H and O–H groups in total. The van der Waals surface area contributed by atoms with Crippen LogP contribution in [0.1, 0.15) is 5.69 Å². The van der Waals surface area contributed by atoms with E-state index in [0.717, 1.165) is 28.6 Å². The van der Waals surface area contributed by atoms with Crippen LogP contribution in [0.5, 0.6) is 0 Å². The lowest BCUT2D eigenvalue weighted by Gasteiger charge is -2.18. The van der Waals surface area contributed by atoms with Crippen LogP contribution < -0.4 is 10.6 Å². The summed E-state index contributed by atoms with van der Waals surface area (Å²) in [6.45, 7) is 0.563. The highest BCUT2D eigenvalue weighted by molar-refractivity contribution is 7.15. The third kappa shape index (κ3) is 2.17. The first-order valence-corrected chi connectivity index (χ1v) is 7.22. The summed E-state index contributed by atoms with van der Waals surface area (Å²) < 4.78 is 15.1. The minimum absolute atomic E-state index is 0.241. The molecule has 6 heteroatoms. The van der Waals surface area contributed by atoms with Crippen molar-refractivity contribution in [3.05, 3.63) is 47.4 Å². The van der Waals surface area contributed by atoms with Gasteiger partial charge in [0, 0.05) is 30.7 Å². The number of aromatic nitrogens is 2. The zero-order valence-electron chi connectivity index (χ0n) is 11.1. The maximum absolute atomic E-state index is 13.0. The number of halogens is 1. The van der Waals surface area contributed by atoms with E-state index >= 15 is 0 Å². The molecule has 0 spiro atoms. The summed E-state index contributed by atoms with van der Waals surface area (Å²) in [5.74, 6) is 0.629. The van der Waals surface area contributed by atoms with Crippen molar-refractivity contribution in [1.82, 2.24) is 9.38 Å². The SMILES string of the molecule is CN(c1ccc(F)cc1)c1nc2sccn2c1CCN. The summed E-state index contributed by atoms with van der Waals surface area (Å²) in [7, 11) is 1.93. The number of thiazole rings is 1. The molecule has 0 aliphatic heterocycles. The second-order valence-corrected chi connectivity index (χ2v) is 5.38. The molecule has 0 amide bonds. The lowest BCUT2D eigenvalue weighted by atomic mass is 10.2. The van der Waals surface area contributed by atoms with Gasteiger partial charge < -0.3 is 10.6 Å². The minimum atomic E-state index is -0.241. The molecule has 2 heterocycles. The van der Waals surface area contributed by atoms with Crippen molar-refractivity contribution in [2.24, 2.45) is 5.73 Å². The van der Waals surface area contributed by atoms with Crippen LogP contribution in [0.15, 0.2) is 35.8 Å². The fraction of sp³-hybridized carbons (Fsp3) is 0.214. The Morgan fingerprint density at radius 2 is 2.10 bits per heavy atom. The van der Waals surface area contributed by atoms with E-state index in [-0.39, 0.29) is 5.82 Å². The molecule has 0 bridgehead atoms. The molecule has 1 aromatic carbocycles. The Labute approximate surface area is 120 Å². The number of anilines is 2. The first-order valence-electron chi connectivity index (χ1n) is 6.34. The molecule has 3 aromatic rings. The Balaban J connectivity index is 2.05. The van der Waals surface area contributed by atoms with E-state index in [2.05, 4.69) is 9.38 Å². The quantitative estimate of drug-likeness (QED) is 0.803. The molecule has 2 aromatic heterocycles. The molecule has 104 valence electrons. The van der Waals surface area contributed by atoms with Crippen LogP contribution in [0.4, 0.5) is 15.9 Å². The van der Waals surface area contributed by atoms with Crippen molar-refractivity contribution in [3.63, 3.8) is 0 Å². The number of fused-ring (bicyclic) bond motifs is 1. The standard InChI is InChI=1S/C14H15FN4S/c1-18(11-4-2-10(15)3-5-11)13-12(6-7-16)19-8-9-20-14(19)17-13/h2-5,8-9H,6-7,16H2,1H3. The predicted molar refractivity (Wildman–Crippen MR) is 80.3 cm³/mol. The van der Waals surface area contributed by atoms with Gasteiger partial charge >= 0.3 is 0 Å². The van der Waals surface area contributed by atoms with E-state index in [1.54, 1.807) is 23.5 Å². The smallest absolute Gasteiger partial charge is 0.195 e. The van der Waals surface area contributed by atoms with Gasteiger partial charge in [-0.25, -0.2) is 9.37 Å². The van der Waals surface area contributed by atoms with Gasteiger partial charge in [-0.15, -0.1) is 11.3 Å². The highest BCUT2D eigenvalue weighted by Crippen LogP contribution is 2.29. The lowest BCUT2D eigenvalue weighted by Crippen LogP contribution is -2.14. The van der Waals surface area contributed by atoms with Crippen LogP contribution in [-0.4, -0.2) is 23.0 Å². The molecule has 3 rings (SSSR count). The van der Waals surface area contributed by atoms with Gasteiger partial charge in [-0.05, 0) is 30.8 Å². The van der Waals surface area contributed by atoms with Gasteiger partial charge in [0.1, 0.15) is 5.82 Å². The van der Waals surface area contributed by atoms with Crippen LogP contribution in [0.3, 0.4) is 0 Å². The molecule has 0 unspecified atom stereocenters. The average Bonchev–Trinajstić information content (AvgIpc) is 3.02. The van der Waals surface area contributed by atoms with Crippen molar-refractivity contribution in [1.29, 1.82) is 0 Å². The number of benzene rings is 1. The molecule has 0 saturated heterocycles. The maximum Gasteiger partial charge on any atom is 0.195 e. The Morgan fingerprint density at radius 1 is 1.35 bits per heavy atom. The van der Waals surface area contributed by atoms with Gasteiger partial charge in [0.15, 0.2) is 10.8 Å². The second kappa shape index (κ2) is 5.22. The summed E-state index contributed by atoms with van der Waals surface area (Å²) in [5.41, 5.74) is 7.68. The van der Waals surface area contributed by atoms with Crippen LogP contribution in [0, 0.1) is 5.82 Å². The first kappa shape index (κ1) is 13.1. The molecule has 0 radical (unpaired) electrons. The van der Waals surface area contributed by atoms with Gasteiger partial charge in [0.2, 0.25) is 0 Å². The van der Waals surface area contributed by atoms with Crippen LogP contribution in [0.25, 0.3) is 4.96 Å². The summed E-state index contributed by atoms with van der Waals surface area (Å²) in [6, 6.07) is 6.39. The molecule has 0 atom stereocenters. The number of nitrogens with zero attached hydrogens (tertiary/aromatic N) is 3. The zero-order valence-corrected chi connectivity index (χ0v) is 11.9. The summed E-state index contributed by atoms with van der Waals surface area (Å²) in [6.07, 6.45) is 2.75. The fourth-order valence-electron chi connectivity index (χ4n) is 2.25. The van der Waals surface area contributed by atoms with Crippen molar-refractivity contribution < 1.29 is 4.39 Å². The van der Waals surface area contributed by atoms with Gasteiger partial charge in [-0.3, -0.25) is 4.40 Å². The second-order valence-electron chi connectivity index (χ2n) is 4.51. The van der Waals surface area contributed by atoms with E-state index < -0.39 is 0 Å². The highest BCUT2D eigenvalue weighted by Gasteiger charge is 2.17. The molecular formula is C14H15FN4S. The van der Waals surface area contributed by atoms with Crippen LogP contribution in [0.2, 0.25) is 0 Å². The molecule has 4 nitrogen and oxygen atoms in total. The molecular weight excluding hydrogens is 275 g/mol. The van der Waals surface area contributed by atoms with Crippen molar-refractivity contribution >= 4 is 27.8 Å². The fourth-order valence-corrected chi connectivity index (χ4v) is 2.97. The minimum Gasteiger partial charge on any atom is -0.330 e. The van der Waals surface area contributed by atoms with Gasteiger partial charge in [-0.2, -0.15) is 0 Å². The van der Waals surface area contributed by atoms with Crippen LogP contribution in [-0.2, 0) is 6.42 Å². The monoisotopic (exact) mass is 290 g/mol. The summed E-state index contributed by atoms with van der Waals surface area (Å²) in [4.78, 5) is 7.55. The normalized spacial score (nSPS) is 11.2. The predicted octanol–water partition coefficient (Wildman–Crippen LogP) is 2.80. The van der Waals surface area contributed by atoms with E-state index in [1.165, 1.54) is 12.1 Å². The zero-order chi connectivity index (χ0) is 14.1. The van der Waals surface area contributed by atoms with Crippen molar-refractivity contribution in [3.8, 4) is 0 Å². The van der Waals surface area contributed by atoms with E-state index in [0.29, 0.717) is 6.54 Å².